The first-order chi connectivity index (χ1) is 14.8. The van der Waals surface area contributed by atoms with Crippen LogP contribution in [0.4, 0.5) is 9.18 Å². The number of ether oxygens (including phenoxy) is 1. The second-order valence-electron chi connectivity index (χ2n) is 8.42. The largest absolute Gasteiger partial charge is 0.450 e. The quantitative estimate of drug-likeness (QED) is 0.481. The van der Waals surface area contributed by atoms with Crippen molar-refractivity contribution >= 4 is 23.6 Å². The molecule has 9 nitrogen and oxygen atoms in total. The molecule has 2 aliphatic carbocycles. The number of hydrogen-bond acceptors (Lipinski definition) is 6. The van der Waals surface area contributed by atoms with Crippen LogP contribution in [0.25, 0.3) is 0 Å². The Morgan fingerprint density at radius 1 is 1.19 bits per heavy atom. The van der Waals surface area contributed by atoms with Crippen LogP contribution in [0, 0.1) is 0 Å². The van der Waals surface area contributed by atoms with Crippen molar-refractivity contribution in [1.29, 1.82) is 0 Å². The highest BCUT2D eigenvalue weighted by Crippen LogP contribution is 2.38. The molecule has 170 valence electrons. The first-order valence-corrected chi connectivity index (χ1v) is 10.8. The molecule has 0 bridgehead atoms. The lowest BCUT2D eigenvalue weighted by molar-refractivity contribution is -0.145. The van der Waals surface area contributed by atoms with Gasteiger partial charge in [0.2, 0.25) is 17.5 Å². The molecule has 1 heterocycles. The minimum Gasteiger partial charge on any atom is -0.450 e. The van der Waals surface area contributed by atoms with Gasteiger partial charge in [-0.1, -0.05) is 12.8 Å². The van der Waals surface area contributed by atoms with E-state index < -0.39 is 40.8 Å². The van der Waals surface area contributed by atoms with E-state index in [0.717, 1.165) is 12.8 Å². The molecule has 2 saturated carbocycles. The number of ketones is 2. The number of aromatic amines is 1. The summed E-state index contributed by atoms with van der Waals surface area (Å²) in [5.74, 6) is -2.01. The van der Waals surface area contributed by atoms with E-state index in [2.05, 4.69) is 20.8 Å². The molecule has 31 heavy (non-hydrogen) atoms. The van der Waals surface area contributed by atoms with Gasteiger partial charge in [0.15, 0.2) is 0 Å². The predicted molar refractivity (Wildman–Crippen MR) is 108 cm³/mol. The van der Waals surface area contributed by atoms with Gasteiger partial charge in [-0.05, 0) is 45.1 Å². The summed E-state index contributed by atoms with van der Waals surface area (Å²) in [7, 11) is 0. The fourth-order valence-electron chi connectivity index (χ4n) is 4.27. The van der Waals surface area contributed by atoms with Crippen LogP contribution in [0.1, 0.15) is 64.0 Å². The Morgan fingerprint density at radius 3 is 2.45 bits per heavy atom. The minimum atomic E-state index is -1.56. The van der Waals surface area contributed by atoms with Crippen molar-refractivity contribution in [3.05, 3.63) is 18.0 Å². The lowest BCUT2D eigenvalue weighted by atomic mass is 9.71. The van der Waals surface area contributed by atoms with Crippen LogP contribution >= 0.6 is 0 Å². The third-order valence-corrected chi connectivity index (χ3v) is 6.12. The summed E-state index contributed by atoms with van der Waals surface area (Å²) in [5, 5.41) is 11.5. The second kappa shape index (κ2) is 9.57. The summed E-state index contributed by atoms with van der Waals surface area (Å²) >= 11 is 0. The van der Waals surface area contributed by atoms with Crippen LogP contribution in [-0.2, 0) is 25.5 Å². The Morgan fingerprint density at radius 2 is 1.90 bits per heavy atom. The predicted octanol–water partition coefficient (Wildman–Crippen LogP) is 1.92. The van der Waals surface area contributed by atoms with Crippen molar-refractivity contribution in [2.75, 3.05) is 6.61 Å². The molecule has 0 unspecified atom stereocenters. The van der Waals surface area contributed by atoms with E-state index in [9.17, 15) is 19.2 Å². The van der Waals surface area contributed by atoms with E-state index in [1.165, 1.54) is 6.20 Å². The lowest BCUT2D eigenvalue weighted by Crippen LogP contribution is -2.64. The number of alkyl halides is 1. The molecule has 3 N–H and O–H groups in total. The highest BCUT2D eigenvalue weighted by atomic mass is 19.1. The monoisotopic (exact) mass is 436 g/mol. The van der Waals surface area contributed by atoms with Crippen LogP contribution < -0.4 is 10.6 Å². The number of nitrogens with one attached hydrogen (secondary N) is 3. The Labute approximate surface area is 179 Å². The van der Waals surface area contributed by atoms with E-state index in [1.807, 2.05) is 0 Å². The molecular weight excluding hydrogens is 407 g/mol. The average molecular weight is 436 g/mol. The number of carbonyl (C=O) groups excluding carboxylic acids is 4. The van der Waals surface area contributed by atoms with Crippen LogP contribution in [0.2, 0.25) is 0 Å². The Kier molecular flexibility index (Phi) is 7.07. The van der Waals surface area contributed by atoms with Gasteiger partial charge in [-0.3, -0.25) is 19.5 Å². The smallest absolute Gasteiger partial charge is 0.407 e. The van der Waals surface area contributed by atoms with Gasteiger partial charge in [-0.15, -0.1) is 0 Å². The van der Waals surface area contributed by atoms with Crippen molar-refractivity contribution in [1.82, 2.24) is 20.8 Å². The maximum Gasteiger partial charge on any atom is 0.407 e. The van der Waals surface area contributed by atoms with Gasteiger partial charge in [0, 0.05) is 18.3 Å². The summed E-state index contributed by atoms with van der Waals surface area (Å²) in [6.07, 6.45) is 3.68. The van der Waals surface area contributed by atoms with E-state index in [0.29, 0.717) is 37.8 Å². The molecule has 2 aliphatic rings. The number of amides is 2. The molecule has 10 heteroatoms. The molecule has 1 atom stereocenters. The number of halogens is 1. The molecule has 0 aliphatic heterocycles. The van der Waals surface area contributed by atoms with Gasteiger partial charge in [-0.25, -0.2) is 9.18 Å². The fraction of sp³-hybridized carbons (Fsp3) is 0.667. The normalized spacial score (nSPS) is 19.7. The van der Waals surface area contributed by atoms with E-state index >= 15 is 4.39 Å². The van der Waals surface area contributed by atoms with Gasteiger partial charge >= 0.3 is 6.09 Å². The van der Waals surface area contributed by atoms with Crippen molar-refractivity contribution in [2.24, 2.45) is 0 Å². The highest BCUT2D eigenvalue weighted by Gasteiger charge is 2.49. The van der Waals surface area contributed by atoms with Crippen molar-refractivity contribution in [3.8, 4) is 0 Å². The van der Waals surface area contributed by atoms with Crippen molar-refractivity contribution < 1.29 is 28.3 Å². The maximum atomic E-state index is 15.1. The maximum absolute atomic E-state index is 15.1. The topological polar surface area (TPSA) is 130 Å². The number of hydrogen-bond donors (Lipinski definition) is 3. The lowest BCUT2D eigenvalue weighted by Gasteiger charge is -2.41. The molecule has 2 fully saturated rings. The Hall–Kier alpha value is -2.78. The van der Waals surface area contributed by atoms with Crippen LogP contribution in [0.3, 0.4) is 0 Å². The number of aromatic nitrogens is 2. The molecule has 0 radical (unpaired) electrons. The Bertz CT molecular complexity index is 816. The number of nitrogens with zero attached hydrogens (tertiary/aromatic N) is 1. The van der Waals surface area contributed by atoms with Crippen LogP contribution in [0.5, 0.6) is 0 Å². The SMILES string of the molecule is CCOC(=O)N[C@@H](CC1(F)CCCC1)C(=O)NC1(C(=O)C(=O)Cc2ccn[nH]2)CCC1. The zero-order valence-electron chi connectivity index (χ0n) is 17.7. The summed E-state index contributed by atoms with van der Waals surface area (Å²) in [4.78, 5) is 50.4. The number of Topliss-reactive ketones (excluding diaryl/α,β-unsaturated/α-hetero) is 2. The van der Waals surface area contributed by atoms with Gasteiger partial charge in [0.05, 0.1) is 13.0 Å². The third kappa shape index (κ3) is 5.48. The molecule has 0 saturated heterocycles. The van der Waals surface area contributed by atoms with Crippen LogP contribution in [-0.4, -0.2) is 57.6 Å². The molecule has 0 aromatic carbocycles. The molecule has 1 aromatic heterocycles. The fourth-order valence-corrected chi connectivity index (χ4v) is 4.27. The molecule has 3 rings (SSSR count). The first-order valence-electron chi connectivity index (χ1n) is 10.8. The first kappa shape index (κ1) is 22.9. The summed E-state index contributed by atoms with van der Waals surface area (Å²) < 4.78 is 19.9. The zero-order chi connectivity index (χ0) is 22.5. The van der Waals surface area contributed by atoms with Gasteiger partial charge in [-0.2, -0.15) is 5.10 Å². The highest BCUT2D eigenvalue weighted by molar-refractivity contribution is 6.41. The van der Waals surface area contributed by atoms with Crippen molar-refractivity contribution in [2.45, 2.75) is 82.0 Å². The average Bonchev–Trinajstić information content (AvgIpc) is 3.35. The van der Waals surface area contributed by atoms with E-state index in [4.69, 9.17) is 4.74 Å². The molecule has 1 aromatic rings. The van der Waals surface area contributed by atoms with E-state index in [-0.39, 0.29) is 19.4 Å². The Balaban J connectivity index is 1.70. The molecule has 2 amide bonds. The van der Waals surface area contributed by atoms with Gasteiger partial charge < -0.3 is 15.4 Å². The zero-order valence-corrected chi connectivity index (χ0v) is 17.7. The number of rotatable bonds is 10. The molecular formula is C21H29FN4O5. The van der Waals surface area contributed by atoms with Gasteiger partial charge in [0.25, 0.3) is 0 Å². The third-order valence-electron chi connectivity index (χ3n) is 6.12. The molecule has 0 spiro atoms. The van der Waals surface area contributed by atoms with Crippen molar-refractivity contribution in [3.63, 3.8) is 0 Å². The summed E-state index contributed by atoms with van der Waals surface area (Å²) in [5.41, 5.74) is -2.38. The summed E-state index contributed by atoms with van der Waals surface area (Å²) in [6, 6.07) is 0.397. The number of carbonyl (C=O) groups is 4. The van der Waals surface area contributed by atoms with E-state index in [1.54, 1.807) is 13.0 Å². The number of alkyl carbamates (subject to hydrolysis) is 1. The van der Waals surface area contributed by atoms with Crippen LogP contribution in [0.15, 0.2) is 12.3 Å². The second-order valence-corrected chi connectivity index (χ2v) is 8.42. The van der Waals surface area contributed by atoms with Gasteiger partial charge in [0.1, 0.15) is 17.2 Å². The minimum absolute atomic E-state index is 0.103. The summed E-state index contributed by atoms with van der Waals surface area (Å²) in [6.45, 7) is 1.72. The number of H-pyrrole nitrogens is 1. The standard InChI is InChI=1S/C21H29FN4O5/c1-2-31-19(30)24-15(13-20(22)7-3-4-8-20)18(29)25-21(9-5-10-21)17(28)16(27)12-14-6-11-23-26-14/h6,11,15H,2-5,7-10,12-13H2,1H3,(H,23,26)(H,24,30)(H,25,29)/t15-/m0/s1.